The van der Waals surface area contributed by atoms with Crippen LogP contribution in [-0.4, -0.2) is 85.0 Å². The molecule has 0 aromatic heterocycles. The van der Waals surface area contributed by atoms with Gasteiger partial charge in [-0.25, -0.2) is 0 Å². The maximum absolute atomic E-state index is 12.3. The second kappa shape index (κ2) is 8.48. The minimum Gasteiger partial charge on any atom is -0.465 e. The lowest BCUT2D eigenvalue weighted by Crippen LogP contribution is -2.54. The van der Waals surface area contributed by atoms with Crippen LogP contribution in [0.25, 0.3) is 0 Å². The molecular weight excluding hydrogens is 282 g/mol. The van der Waals surface area contributed by atoms with Gasteiger partial charge in [-0.3, -0.25) is 19.4 Å². The molecule has 22 heavy (non-hydrogen) atoms. The summed E-state index contributed by atoms with van der Waals surface area (Å²) in [4.78, 5) is 30.4. The molecule has 0 aliphatic carbocycles. The monoisotopic (exact) mass is 311 g/mol. The Hall–Kier alpha value is -1.14. The van der Waals surface area contributed by atoms with E-state index >= 15 is 0 Å². The number of carbonyl (C=O) groups excluding carboxylic acids is 2. The number of esters is 1. The zero-order chi connectivity index (χ0) is 15.9. The lowest BCUT2D eigenvalue weighted by molar-refractivity contribution is -0.150. The summed E-state index contributed by atoms with van der Waals surface area (Å²) < 4.78 is 5.07. The Bertz CT molecular complexity index is 375. The van der Waals surface area contributed by atoms with E-state index in [0.717, 1.165) is 52.1 Å². The van der Waals surface area contributed by atoms with Gasteiger partial charge in [0.25, 0.3) is 0 Å². The number of hydrogen-bond donors (Lipinski definition) is 0. The standard InChI is InChI=1S/C16H29N3O3/c1-3-22-16(21)14(2)18-11-9-17(10-12-18)13-15(20)19-7-5-4-6-8-19/h14H,3-13H2,1-2H3. The molecule has 2 aliphatic rings. The van der Waals surface area contributed by atoms with E-state index in [2.05, 4.69) is 9.80 Å². The molecule has 2 rings (SSSR count). The Morgan fingerprint density at radius 2 is 1.64 bits per heavy atom. The van der Waals surface area contributed by atoms with Crippen molar-refractivity contribution in [2.24, 2.45) is 0 Å². The number of rotatable bonds is 5. The van der Waals surface area contributed by atoms with Crippen molar-refractivity contribution >= 4 is 11.9 Å². The summed E-state index contributed by atoms with van der Waals surface area (Å²) in [5.41, 5.74) is 0. The van der Waals surface area contributed by atoms with Gasteiger partial charge in [0.2, 0.25) is 5.91 Å². The minimum absolute atomic E-state index is 0.152. The van der Waals surface area contributed by atoms with Gasteiger partial charge in [-0.05, 0) is 33.1 Å². The summed E-state index contributed by atoms with van der Waals surface area (Å²) in [6.07, 6.45) is 3.52. The predicted molar refractivity (Wildman–Crippen MR) is 84.5 cm³/mol. The van der Waals surface area contributed by atoms with Gasteiger partial charge < -0.3 is 9.64 Å². The van der Waals surface area contributed by atoms with Crippen molar-refractivity contribution < 1.29 is 14.3 Å². The van der Waals surface area contributed by atoms with Gasteiger partial charge in [0, 0.05) is 39.3 Å². The maximum atomic E-state index is 12.3. The zero-order valence-corrected chi connectivity index (χ0v) is 13.9. The second-order valence-electron chi connectivity index (χ2n) is 6.18. The molecule has 2 heterocycles. The van der Waals surface area contributed by atoms with Gasteiger partial charge in [0.05, 0.1) is 13.2 Å². The molecule has 2 fully saturated rings. The third kappa shape index (κ3) is 4.68. The number of amides is 1. The van der Waals surface area contributed by atoms with Crippen LogP contribution in [0.3, 0.4) is 0 Å². The molecule has 1 unspecified atom stereocenters. The third-order valence-corrected chi connectivity index (χ3v) is 4.65. The van der Waals surface area contributed by atoms with Crippen molar-refractivity contribution in [3.05, 3.63) is 0 Å². The summed E-state index contributed by atoms with van der Waals surface area (Å²) in [6, 6.07) is -0.195. The molecule has 0 spiro atoms. The Kier molecular flexibility index (Phi) is 6.64. The first-order chi connectivity index (χ1) is 10.6. The molecule has 0 bridgehead atoms. The zero-order valence-electron chi connectivity index (χ0n) is 13.9. The van der Waals surface area contributed by atoms with Gasteiger partial charge in [0.15, 0.2) is 0 Å². The van der Waals surface area contributed by atoms with E-state index in [1.807, 2.05) is 18.7 Å². The summed E-state index contributed by atoms with van der Waals surface area (Å²) >= 11 is 0. The van der Waals surface area contributed by atoms with Crippen LogP contribution in [0.15, 0.2) is 0 Å². The Morgan fingerprint density at radius 3 is 2.23 bits per heavy atom. The van der Waals surface area contributed by atoms with Gasteiger partial charge in [-0.15, -0.1) is 0 Å². The lowest BCUT2D eigenvalue weighted by atomic mass is 10.1. The number of ether oxygens (including phenoxy) is 1. The molecular formula is C16H29N3O3. The largest absolute Gasteiger partial charge is 0.465 e. The first-order valence-corrected chi connectivity index (χ1v) is 8.52. The van der Waals surface area contributed by atoms with Crippen molar-refractivity contribution in [2.45, 2.75) is 39.2 Å². The number of piperazine rings is 1. The highest BCUT2D eigenvalue weighted by atomic mass is 16.5. The van der Waals surface area contributed by atoms with E-state index in [1.54, 1.807) is 0 Å². The van der Waals surface area contributed by atoms with Crippen LogP contribution in [0.2, 0.25) is 0 Å². The highest BCUT2D eigenvalue weighted by Crippen LogP contribution is 2.11. The molecule has 6 nitrogen and oxygen atoms in total. The first-order valence-electron chi connectivity index (χ1n) is 8.52. The summed E-state index contributed by atoms with van der Waals surface area (Å²) in [7, 11) is 0. The molecule has 126 valence electrons. The normalized spacial score (nSPS) is 22.4. The fourth-order valence-corrected chi connectivity index (χ4v) is 3.16. The molecule has 0 saturated carbocycles. The Morgan fingerprint density at radius 1 is 1.00 bits per heavy atom. The van der Waals surface area contributed by atoms with Crippen molar-refractivity contribution in [1.82, 2.24) is 14.7 Å². The lowest BCUT2D eigenvalue weighted by Gasteiger charge is -2.37. The Labute approximate surface area is 133 Å². The minimum atomic E-state index is -0.195. The number of carbonyl (C=O) groups is 2. The van der Waals surface area contributed by atoms with E-state index in [4.69, 9.17) is 4.74 Å². The van der Waals surface area contributed by atoms with E-state index < -0.39 is 0 Å². The molecule has 2 aliphatic heterocycles. The molecule has 1 atom stereocenters. The summed E-state index contributed by atoms with van der Waals surface area (Å²) in [6.45, 7) is 9.79. The third-order valence-electron chi connectivity index (χ3n) is 4.65. The Balaban J connectivity index is 1.72. The van der Waals surface area contributed by atoms with Crippen LogP contribution in [-0.2, 0) is 14.3 Å². The fraction of sp³-hybridized carbons (Fsp3) is 0.875. The molecule has 0 radical (unpaired) electrons. The van der Waals surface area contributed by atoms with E-state index in [9.17, 15) is 9.59 Å². The highest BCUT2D eigenvalue weighted by Gasteiger charge is 2.28. The molecule has 1 amide bonds. The van der Waals surface area contributed by atoms with Crippen LogP contribution < -0.4 is 0 Å². The van der Waals surface area contributed by atoms with E-state index in [1.165, 1.54) is 6.42 Å². The molecule has 2 saturated heterocycles. The van der Waals surface area contributed by atoms with E-state index in [0.29, 0.717) is 13.2 Å². The van der Waals surface area contributed by atoms with Gasteiger partial charge in [-0.2, -0.15) is 0 Å². The van der Waals surface area contributed by atoms with Gasteiger partial charge in [-0.1, -0.05) is 0 Å². The molecule has 0 aromatic rings. The van der Waals surface area contributed by atoms with Crippen molar-refractivity contribution in [2.75, 3.05) is 52.4 Å². The molecule has 0 N–H and O–H groups in total. The van der Waals surface area contributed by atoms with Gasteiger partial charge in [0.1, 0.15) is 6.04 Å². The first kappa shape index (κ1) is 17.2. The topological polar surface area (TPSA) is 53.1 Å². The van der Waals surface area contributed by atoms with Crippen LogP contribution in [0.1, 0.15) is 33.1 Å². The van der Waals surface area contributed by atoms with Crippen molar-refractivity contribution in [1.29, 1.82) is 0 Å². The summed E-state index contributed by atoms with van der Waals surface area (Å²) in [5.74, 6) is 0.104. The van der Waals surface area contributed by atoms with Crippen LogP contribution in [0.4, 0.5) is 0 Å². The summed E-state index contributed by atoms with van der Waals surface area (Å²) in [5, 5.41) is 0. The SMILES string of the molecule is CCOC(=O)C(C)N1CCN(CC(=O)N2CCCCC2)CC1. The maximum Gasteiger partial charge on any atom is 0.323 e. The van der Waals surface area contributed by atoms with Gasteiger partial charge >= 0.3 is 5.97 Å². The smallest absolute Gasteiger partial charge is 0.323 e. The number of hydrogen-bond acceptors (Lipinski definition) is 5. The number of likely N-dealkylation sites (tertiary alicyclic amines) is 1. The molecule has 6 heteroatoms. The average molecular weight is 311 g/mol. The van der Waals surface area contributed by atoms with E-state index in [-0.39, 0.29) is 17.9 Å². The van der Waals surface area contributed by atoms with Crippen molar-refractivity contribution in [3.8, 4) is 0 Å². The van der Waals surface area contributed by atoms with Crippen LogP contribution in [0, 0.1) is 0 Å². The fourth-order valence-electron chi connectivity index (χ4n) is 3.16. The van der Waals surface area contributed by atoms with Crippen molar-refractivity contribution in [3.63, 3.8) is 0 Å². The quantitative estimate of drug-likeness (QED) is 0.695. The second-order valence-corrected chi connectivity index (χ2v) is 6.18. The number of piperidine rings is 1. The number of nitrogens with zero attached hydrogens (tertiary/aromatic N) is 3. The molecule has 0 aromatic carbocycles. The predicted octanol–water partition coefficient (Wildman–Crippen LogP) is 0.568. The average Bonchev–Trinajstić information content (AvgIpc) is 2.56. The van der Waals surface area contributed by atoms with Crippen LogP contribution in [0.5, 0.6) is 0 Å². The highest BCUT2D eigenvalue weighted by molar-refractivity contribution is 5.78. The van der Waals surface area contributed by atoms with Crippen LogP contribution >= 0.6 is 0 Å².